The Morgan fingerprint density at radius 1 is 0.913 bits per heavy atom. The summed E-state index contributed by atoms with van der Waals surface area (Å²) >= 11 is 0. The van der Waals surface area contributed by atoms with Gasteiger partial charge in [0.15, 0.2) is 0 Å². The molecule has 0 unspecified atom stereocenters. The monoisotopic (exact) mass is 330 g/mol. The van der Waals surface area contributed by atoms with Gasteiger partial charge in [-0.1, -0.05) is 47.5 Å². The first-order valence-electron chi connectivity index (χ1n) is 7.04. The summed E-state index contributed by atoms with van der Waals surface area (Å²) in [5.41, 5.74) is 2.53. The zero-order valence-electron chi connectivity index (χ0n) is 13.2. The van der Waals surface area contributed by atoms with Crippen LogP contribution in [0.25, 0.3) is 0 Å². The number of nitrogens with one attached hydrogen (secondary N) is 1. The summed E-state index contributed by atoms with van der Waals surface area (Å²) in [4.78, 5) is 14.4. The molecule has 23 heavy (non-hydrogen) atoms. The number of sulfonamides is 1. The molecule has 0 saturated carbocycles. The van der Waals surface area contributed by atoms with Crippen LogP contribution in [0.2, 0.25) is 0 Å². The molecule has 0 aromatic heterocycles. The number of carbonyl (C=O) groups is 1. The second-order valence-electron chi connectivity index (χ2n) is 5.30. The molecule has 0 heterocycles. The summed E-state index contributed by atoms with van der Waals surface area (Å²) in [5, 5.41) is 3.72. The van der Waals surface area contributed by atoms with Gasteiger partial charge in [0, 0.05) is 5.56 Å². The molecule has 0 atom stereocenters. The largest absolute Gasteiger partial charge is 0.287 e. The fourth-order valence-electron chi connectivity index (χ4n) is 1.86. The van der Waals surface area contributed by atoms with E-state index in [1.165, 1.54) is 19.1 Å². The summed E-state index contributed by atoms with van der Waals surface area (Å²) in [6, 6.07) is 13.4. The van der Waals surface area contributed by atoms with Gasteiger partial charge in [0.1, 0.15) is 5.71 Å². The molecule has 0 amide bonds. The molecule has 0 fully saturated rings. The SMILES string of the molecule is C/C(=N\NS(=O)(=O)c1ccc(C)cc1)C(=O)c1ccc(C)cc1. The topological polar surface area (TPSA) is 75.6 Å². The number of ketones is 1. The molecular formula is C17H18N2O3S. The van der Waals surface area contributed by atoms with Crippen molar-refractivity contribution in [2.75, 3.05) is 0 Å². The van der Waals surface area contributed by atoms with Crippen molar-refractivity contribution in [3.8, 4) is 0 Å². The molecule has 0 radical (unpaired) electrons. The number of rotatable bonds is 5. The van der Waals surface area contributed by atoms with E-state index in [4.69, 9.17) is 0 Å². The van der Waals surface area contributed by atoms with Crippen molar-refractivity contribution in [3.05, 3.63) is 65.2 Å². The molecule has 2 aromatic carbocycles. The molecule has 2 aromatic rings. The number of benzene rings is 2. The van der Waals surface area contributed by atoms with Gasteiger partial charge < -0.3 is 0 Å². The molecule has 1 N–H and O–H groups in total. The van der Waals surface area contributed by atoms with E-state index in [0.717, 1.165) is 11.1 Å². The van der Waals surface area contributed by atoms with E-state index in [9.17, 15) is 13.2 Å². The highest BCUT2D eigenvalue weighted by Gasteiger charge is 2.14. The van der Waals surface area contributed by atoms with Crippen molar-refractivity contribution in [1.29, 1.82) is 0 Å². The van der Waals surface area contributed by atoms with Gasteiger partial charge in [-0.3, -0.25) is 4.79 Å². The maximum atomic E-state index is 12.2. The zero-order valence-corrected chi connectivity index (χ0v) is 14.0. The van der Waals surface area contributed by atoms with Gasteiger partial charge in [0.25, 0.3) is 10.0 Å². The summed E-state index contributed by atoms with van der Waals surface area (Å²) in [7, 11) is -3.78. The average Bonchev–Trinajstić information content (AvgIpc) is 2.53. The zero-order chi connectivity index (χ0) is 17.0. The number of nitrogens with zero attached hydrogens (tertiary/aromatic N) is 1. The van der Waals surface area contributed by atoms with Crippen molar-refractivity contribution < 1.29 is 13.2 Å². The van der Waals surface area contributed by atoms with Crippen LogP contribution in [0, 0.1) is 13.8 Å². The molecule has 0 aliphatic rings. The third-order valence-electron chi connectivity index (χ3n) is 3.31. The highest BCUT2D eigenvalue weighted by Crippen LogP contribution is 2.10. The van der Waals surface area contributed by atoms with Crippen LogP contribution in [0.1, 0.15) is 28.4 Å². The lowest BCUT2D eigenvalue weighted by Gasteiger charge is -2.05. The smallest absolute Gasteiger partial charge is 0.276 e. The van der Waals surface area contributed by atoms with E-state index in [2.05, 4.69) is 9.93 Å². The minimum absolute atomic E-state index is 0.0736. The van der Waals surface area contributed by atoms with E-state index in [-0.39, 0.29) is 16.4 Å². The van der Waals surface area contributed by atoms with Crippen LogP contribution < -0.4 is 4.83 Å². The number of Topliss-reactive ketones (excluding diaryl/α,β-unsaturated/α-hetero) is 1. The van der Waals surface area contributed by atoms with Crippen LogP contribution in [0.4, 0.5) is 0 Å². The van der Waals surface area contributed by atoms with Crippen LogP contribution in [0.5, 0.6) is 0 Å². The fraction of sp³-hybridized carbons (Fsp3) is 0.176. The normalized spacial score (nSPS) is 12.0. The standard InChI is InChI=1S/C17H18N2O3S/c1-12-4-8-15(9-5-12)17(20)14(3)18-19-23(21,22)16-10-6-13(2)7-11-16/h4-11,19H,1-3H3/b18-14+. The van der Waals surface area contributed by atoms with Gasteiger partial charge in [0.05, 0.1) is 4.90 Å². The Morgan fingerprint density at radius 3 is 1.91 bits per heavy atom. The lowest BCUT2D eigenvalue weighted by atomic mass is 10.1. The van der Waals surface area contributed by atoms with E-state index in [0.29, 0.717) is 5.56 Å². The van der Waals surface area contributed by atoms with Gasteiger partial charge in [-0.15, -0.1) is 0 Å². The Hall–Kier alpha value is -2.47. The Balaban J connectivity index is 2.16. The number of hydrogen-bond acceptors (Lipinski definition) is 4. The highest BCUT2D eigenvalue weighted by atomic mass is 32.2. The van der Waals surface area contributed by atoms with E-state index < -0.39 is 10.0 Å². The summed E-state index contributed by atoms with van der Waals surface area (Å²) in [6.45, 7) is 5.26. The Morgan fingerprint density at radius 2 is 1.39 bits per heavy atom. The Kier molecular flexibility index (Phi) is 4.95. The Bertz CT molecular complexity index is 836. The van der Waals surface area contributed by atoms with Crippen molar-refractivity contribution in [3.63, 3.8) is 0 Å². The van der Waals surface area contributed by atoms with Crippen LogP contribution in [0.3, 0.4) is 0 Å². The van der Waals surface area contributed by atoms with Crippen molar-refractivity contribution in [2.45, 2.75) is 25.7 Å². The van der Waals surface area contributed by atoms with Gasteiger partial charge in [0.2, 0.25) is 5.78 Å². The molecule has 0 aliphatic heterocycles. The van der Waals surface area contributed by atoms with Crippen LogP contribution in [0.15, 0.2) is 58.5 Å². The minimum atomic E-state index is -3.78. The maximum Gasteiger partial charge on any atom is 0.276 e. The highest BCUT2D eigenvalue weighted by molar-refractivity contribution is 7.89. The first-order valence-corrected chi connectivity index (χ1v) is 8.52. The minimum Gasteiger partial charge on any atom is -0.287 e. The summed E-state index contributed by atoms with van der Waals surface area (Å²) in [5.74, 6) is -0.323. The third kappa shape index (κ3) is 4.26. The van der Waals surface area contributed by atoms with Crippen LogP contribution >= 0.6 is 0 Å². The molecule has 0 saturated heterocycles. The maximum absolute atomic E-state index is 12.2. The molecule has 0 aliphatic carbocycles. The first-order chi connectivity index (χ1) is 10.8. The van der Waals surface area contributed by atoms with E-state index >= 15 is 0 Å². The second-order valence-corrected chi connectivity index (χ2v) is 6.96. The molecule has 0 bridgehead atoms. The molecule has 2 rings (SSSR count). The van der Waals surface area contributed by atoms with Gasteiger partial charge in [-0.25, -0.2) is 0 Å². The molecule has 120 valence electrons. The molecular weight excluding hydrogens is 312 g/mol. The molecule has 6 heteroatoms. The molecule has 5 nitrogen and oxygen atoms in total. The van der Waals surface area contributed by atoms with Gasteiger partial charge in [-0.05, 0) is 32.9 Å². The first kappa shape index (κ1) is 16.9. The lowest BCUT2D eigenvalue weighted by molar-refractivity contribution is 0.106. The predicted molar refractivity (Wildman–Crippen MR) is 90.1 cm³/mol. The van der Waals surface area contributed by atoms with Crippen LogP contribution in [-0.4, -0.2) is 19.9 Å². The number of aryl methyl sites for hydroxylation is 2. The summed E-state index contributed by atoms with van der Waals surface area (Å²) < 4.78 is 24.2. The van der Waals surface area contributed by atoms with E-state index in [1.54, 1.807) is 24.3 Å². The predicted octanol–water partition coefficient (Wildman–Crippen LogP) is 2.84. The van der Waals surface area contributed by atoms with E-state index in [1.807, 2.05) is 26.0 Å². The number of carbonyl (C=O) groups excluding carboxylic acids is 1. The number of hydrogen-bond donors (Lipinski definition) is 1. The van der Waals surface area contributed by atoms with Crippen molar-refractivity contribution >= 4 is 21.5 Å². The Labute approximate surface area is 136 Å². The van der Waals surface area contributed by atoms with Gasteiger partial charge >= 0.3 is 0 Å². The lowest BCUT2D eigenvalue weighted by Crippen LogP contribution is -2.22. The average molecular weight is 330 g/mol. The fourth-order valence-corrected chi connectivity index (χ4v) is 2.72. The van der Waals surface area contributed by atoms with Gasteiger partial charge in [-0.2, -0.15) is 18.4 Å². The van der Waals surface area contributed by atoms with Crippen molar-refractivity contribution in [2.24, 2.45) is 5.10 Å². The second kappa shape index (κ2) is 6.75. The van der Waals surface area contributed by atoms with Crippen LogP contribution in [-0.2, 0) is 10.0 Å². The van der Waals surface area contributed by atoms with Crippen molar-refractivity contribution in [1.82, 2.24) is 4.83 Å². The number of hydrazone groups is 1. The summed E-state index contributed by atoms with van der Waals surface area (Å²) in [6.07, 6.45) is 0. The molecule has 0 spiro atoms. The third-order valence-corrected chi connectivity index (χ3v) is 4.53. The quantitative estimate of drug-likeness (QED) is 0.520.